The molecule has 0 spiro atoms. The molecule has 1 amide bonds. The van der Waals surface area contributed by atoms with Crippen LogP contribution >= 0.6 is 11.6 Å². The number of piperidine rings is 1. The van der Waals surface area contributed by atoms with Crippen LogP contribution in [0.25, 0.3) is 0 Å². The molecule has 1 aliphatic rings. The third-order valence-corrected chi connectivity index (χ3v) is 7.30. The molecule has 2 aromatic carbocycles. The van der Waals surface area contributed by atoms with Gasteiger partial charge < -0.3 is 5.32 Å². The van der Waals surface area contributed by atoms with E-state index in [1.165, 1.54) is 10.4 Å². The van der Waals surface area contributed by atoms with Crippen molar-refractivity contribution in [3.8, 4) is 0 Å². The van der Waals surface area contributed by atoms with Gasteiger partial charge in [-0.25, -0.2) is 8.42 Å². The van der Waals surface area contributed by atoms with E-state index in [9.17, 15) is 13.2 Å². The van der Waals surface area contributed by atoms with E-state index in [1.807, 2.05) is 37.3 Å². The van der Waals surface area contributed by atoms with Crippen LogP contribution in [-0.4, -0.2) is 31.7 Å². The molecule has 1 aliphatic heterocycles. The van der Waals surface area contributed by atoms with Crippen molar-refractivity contribution in [2.75, 3.05) is 13.1 Å². The van der Waals surface area contributed by atoms with Crippen LogP contribution in [0.5, 0.6) is 0 Å². The van der Waals surface area contributed by atoms with Gasteiger partial charge in [-0.3, -0.25) is 4.79 Å². The highest BCUT2D eigenvalue weighted by Gasteiger charge is 2.42. The SMILES string of the molecule is C[C@]1(C(=O)NCc2ccccc2)CCCN(S(=O)(=O)c2ccccc2Cl)C1. The molecule has 1 heterocycles. The van der Waals surface area contributed by atoms with Crippen LogP contribution in [0.15, 0.2) is 59.5 Å². The zero-order valence-electron chi connectivity index (χ0n) is 15.2. The van der Waals surface area contributed by atoms with Crippen LogP contribution in [0.2, 0.25) is 5.02 Å². The molecule has 0 aliphatic carbocycles. The number of halogens is 1. The van der Waals surface area contributed by atoms with Crippen molar-refractivity contribution in [1.82, 2.24) is 9.62 Å². The van der Waals surface area contributed by atoms with Gasteiger partial charge in [0.1, 0.15) is 4.90 Å². The van der Waals surface area contributed by atoms with Crippen molar-refractivity contribution in [2.45, 2.75) is 31.2 Å². The Kier molecular flexibility index (Phi) is 5.89. The second kappa shape index (κ2) is 8.00. The number of hydrogen-bond donors (Lipinski definition) is 1. The summed E-state index contributed by atoms with van der Waals surface area (Å²) in [6, 6.07) is 16.0. The summed E-state index contributed by atoms with van der Waals surface area (Å²) in [5, 5.41) is 3.14. The minimum absolute atomic E-state index is 0.0839. The van der Waals surface area contributed by atoms with E-state index in [2.05, 4.69) is 5.32 Å². The van der Waals surface area contributed by atoms with Gasteiger partial charge in [0.2, 0.25) is 15.9 Å². The second-order valence-corrected chi connectivity index (χ2v) is 9.42. The molecule has 7 heteroatoms. The predicted octanol–water partition coefficient (Wildman–Crippen LogP) is 3.45. The Morgan fingerprint density at radius 1 is 1.15 bits per heavy atom. The zero-order valence-corrected chi connectivity index (χ0v) is 16.8. The Morgan fingerprint density at radius 2 is 1.81 bits per heavy atom. The summed E-state index contributed by atoms with van der Waals surface area (Å²) in [7, 11) is -3.74. The van der Waals surface area contributed by atoms with E-state index in [-0.39, 0.29) is 22.4 Å². The van der Waals surface area contributed by atoms with Crippen LogP contribution in [0.3, 0.4) is 0 Å². The summed E-state index contributed by atoms with van der Waals surface area (Å²) >= 11 is 6.09. The maximum absolute atomic E-state index is 13.0. The molecule has 2 aromatic rings. The summed E-state index contributed by atoms with van der Waals surface area (Å²) in [5.41, 5.74) is 0.229. The van der Waals surface area contributed by atoms with Gasteiger partial charge in [-0.1, -0.05) is 54.1 Å². The fraction of sp³-hybridized carbons (Fsp3) is 0.350. The molecule has 5 nitrogen and oxygen atoms in total. The van der Waals surface area contributed by atoms with Crippen LogP contribution < -0.4 is 5.32 Å². The number of carbonyl (C=O) groups excluding carboxylic acids is 1. The van der Waals surface area contributed by atoms with E-state index < -0.39 is 15.4 Å². The highest BCUT2D eigenvalue weighted by molar-refractivity contribution is 7.89. The average molecular weight is 407 g/mol. The van der Waals surface area contributed by atoms with Crippen molar-refractivity contribution in [1.29, 1.82) is 0 Å². The van der Waals surface area contributed by atoms with Crippen LogP contribution in [-0.2, 0) is 21.4 Å². The molecule has 144 valence electrons. The largest absolute Gasteiger partial charge is 0.352 e. The number of nitrogens with one attached hydrogen (secondary N) is 1. The summed E-state index contributed by atoms with van der Waals surface area (Å²) in [5.74, 6) is -0.134. The second-order valence-electron chi connectivity index (χ2n) is 7.10. The van der Waals surface area contributed by atoms with Crippen LogP contribution in [0, 0.1) is 5.41 Å². The zero-order chi connectivity index (χ0) is 19.5. The summed E-state index contributed by atoms with van der Waals surface area (Å²) < 4.78 is 27.4. The van der Waals surface area contributed by atoms with Gasteiger partial charge in [-0.15, -0.1) is 0 Å². The topological polar surface area (TPSA) is 66.5 Å². The lowest BCUT2D eigenvalue weighted by molar-refractivity contribution is -0.132. The first kappa shape index (κ1) is 19.9. The van der Waals surface area contributed by atoms with E-state index >= 15 is 0 Å². The smallest absolute Gasteiger partial charge is 0.244 e. The van der Waals surface area contributed by atoms with Gasteiger partial charge >= 0.3 is 0 Å². The van der Waals surface area contributed by atoms with Crippen LogP contribution in [0.1, 0.15) is 25.3 Å². The lowest BCUT2D eigenvalue weighted by atomic mass is 9.82. The number of hydrogen-bond acceptors (Lipinski definition) is 3. The fourth-order valence-corrected chi connectivity index (χ4v) is 5.46. The molecule has 3 rings (SSSR count). The Bertz CT molecular complexity index is 918. The van der Waals surface area contributed by atoms with Crippen LogP contribution in [0.4, 0.5) is 0 Å². The third kappa shape index (κ3) is 4.34. The Balaban J connectivity index is 1.74. The summed E-state index contributed by atoms with van der Waals surface area (Å²) in [4.78, 5) is 12.9. The number of sulfonamides is 1. The van der Waals surface area contributed by atoms with Crippen molar-refractivity contribution < 1.29 is 13.2 Å². The van der Waals surface area contributed by atoms with Gasteiger partial charge in [0.15, 0.2) is 0 Å². The van der Waals surface area contributed by atoms with Gasteiger partial charge in [0.05, 0.1) is 10.4 Å². The minimum Gasteiger partial charge on any atom is -0.352 e. The molecule has 0 aromatic heterocycles. The quantitative estimate of drug-likeness (QED) is 0.826. The number of amides is 1. The number of nitrogens with zero attached hydrogens (tertiary/aromatic N) is 1. The highest BCUT2D eigenvalue weighted by Crippen LogP contribution is 2.34. The first-order valence-electron chi connectivity index (χ1n) is 8.90. The molecular formula is C20H23ClN2O3S. The van der Waals surface area contributed by atoms with Gasteiger partial charge in [0.25, 0.3) is 0 Å². The number of rotatable bonds is 5. The van der Waals surface area contributed by atoms with Crippen molar-refractivity contribution in [3.63, 3.8) is 0 Å². The first-order chi connectivity index (χ1) is 12.8. The van der Waals surface area contributed by atoms with E-state index in [0.29, 0.717) is 25.9 Å². The normalized spacial score (nSPS) is 21.0. The molecule has 1 atom stereocenters. The molecule has 0 radical (unpaired) electrons. The molecular weight excluding hydrogens is 384 g/mol. The molecule has 1 fully saturated rings. The molecule has 1 saturated heterocycles. The summed E-state index contributed by atoms with van der Waals surface area (Å²) in [6.45, 7) is 2.77. The Morgan fingerprint density at radius 3 is 2.52 bits per heavy atom. The first-order valence-corrected chi connectivity index (χ1v) is 10.7. The average Bonchev–Trinajstić information content (AvgIpc) is 2.67. The third-order valence-electron chi connectivity index (χ3n) is 4.96. The van der Waals surface area contributed by atoms with E-state index in [1.54, 1.807) is 18.2 Å². The van der Waals surface area contributed by atoms with E-state index in [4.69, 9.17) is 11.6 Å². The van der Waals surface area contributed by atoms with Gasteiger partial charge in [-0.2, -0.15) is 4.31 Å². The minimum atomic E-state index is -3.74. The molecule has 0 unspecified atom stereocenters. The number of benzene rings is 2. The van der Waals surface area contributed by atoms with Crippen molar-refractivity contribution in [3.05, 3.63) is 65.2 Å². The van der Waals surface area contributed by atoms with E-state index in [0.717, 1.165) is 5.56 Å². The molecule has 1 N–H and O–H groups in total. The van der Waals surface area contributed by atoms with Crippen molar-refractivity contribution in [2.24, 2.45) is 5.41 Å². The van der Waals surface area contributed by atoms with Crippen molar-refractivity contribution >= 4 is 27.5 Å². The summed E-state index contributed by atoms with van der Waals surface area (Å²) in [6.07, 6.45) is 1.26. The molecule has 27 heavy (non-hydrogen) atoms. The standard InChI is InChI=1S/C20H23ClN2O3S/c1-20(19(24)22-14-16-8-3-2-4-9-16)12-7-13-23(15-20)27(25,26)18-11-6-5-10-17(18)21/h2-6,8-11H,7,12-15H2,1H3,(H,22,24)/t20-/m0/s1. The molecule has 0 bridgehead atoms. The fourth-order valence-electron chi connectivity index (χ4n) is 3.37. The lowest BCUT2D eigenvalue weighted by Gasteiger charge is -2.38. The molecule has 0 saturated carbocycles. The monoisotopic (exact) mass is 406 g/mol. The number of carbonyl (C=O) groups is 1. The highest BCUT2D eigenvalue weighted by atomic mass is 35.5. The maximum Gasteiger partial charge on any atom is 0.244 e. The predicted molar refractivity (Wildman–Crippen MR) is 106 cm³/mol. The van der Waals surface area contributed by atoms with Gasteiger partial charge in [0, 0.05) is 19.6 Å². The maximum atomic E-state index is 13.0. The Labute approximate surface area is 165 Å². The Hall–Kier alpha value is -1.89. The van der Waals surface area contributed by atoms with Gasteiger partial charge in [-0.05, 0) is 37.5 Å². The lowest BCUT2D eigenvalue weighted by Crippen LogP contribution is -2.51.